The van der Waals surface area contributed by atoms with E-state index in [4.69, 9.17) is 11.6 Å². The van der Waals surface area contributed by atoms with Crippen LogP contribution in [-0.4, -0.2) is 52.4 Å². The number of piperazine rings is 1. The van der Waals surface area contributed by atoms with E-state index >= 15 is 0 Å². The van der Waals surface area contributed by atoms with E-state index in [1.54, 1.807) is 0 Å². The van der Waals surface area contributed by atoms with Gasteiger partial charge in [-0.15, -0.1) is 0 Å². The fraction of sp³-hybridized carbons (Fsp3) is 0.462. The lowest BCUT2D eigenvalue weighted by molar-refractivity contribution is 0.146. The van der Waals surface area contributed by atoms with Crippen LogP contribution in [0, 0.1) is 0 Å². The van der Waals surface area contributed by atoms with Gasteiger partial charge in [0.25, 0.3) is 0 Å². The number of imidazole rings is 1. The highest BCUT2D eigenvalue weighted by Gasteiger charge is 2.15. The Kier molecular flexibility index (Phi) is 3.24. The van der Waals surface area contributed by atoms with Gasteiger partial charge in [-0.25, -0.2) is 4.98 Å². The van der Waals surface area contributed by atoms with E-state index in [-0.39, 0.29) is 0 Å². The normalized spacial score (nSPS) is 18.6. The molecule has 2 aromatic heterocycles. The molecule has 1 saturated heterocycles. The smallest absolute Gasteiger partial charge is 0.137 e. The molecule has 0 aromatic carbocycles. The monoisotopic (exact) mass is 264 g/mol. The summed E-state index contributed by atoms with van der Waals surface area (Å²) in [5, 5.41) is 0.750. The lowest BCUT2D eigenvalue weighted by Gasteiger charge is -2.32. The first-order valence-corrected chi connectivity index (χ1v) is 6.62. The molecule has 0 saturated carbocycles. The fourth-order valence-corrected chi connectivity index (χ4v) is 2.52. The summed E-state index contributed by atoms with van der Waals surface area (Å²) in [7, 11) is 2.17. The lowest BCUT2D eigenvalue weighted by Crippen LogP contribution is -2.44. The van der Waals surface area contributed by atoms with Crippen LogP contribution in [-0.2, 0) is 6.54 Å². The van der Waals surface area contributed by atoms with E-state index in [1.807, 2.05) is 24.5 Å². The molecule has 5 heteroatoms. The van der Waals surface area contributed by atoms with Gasteiger partial charge in [0.05, 0.1) is 16.9 Å². The summed E-state index contributed by atoms with van der Waals surface area (Å²) in [4.78, 5) is 9.23. The Hall–Kier alpha value is -1.10. The molecule has 0 unspecified atom stereocenters. The molecule has 2 aromatic rings. The van der Waals surface area contributed by atoms with Crippen molar-refractivity contribution in [2.24, 2.45) is 0 Å². The number of rotatable bonds is 2. The van der Waals surface area contributed by atoms with Gasteiger partial charge in [0.1, 0.15) is 5.65 Å². The van der Waals surface area contributed by atoms with E-state index < -0.39 is 0 Å². The summed E-state index contributed by atoms with van der Waals surface area (Å²) in [6.45, 7) is 5.44. The Labute approximate surface area is 112 Å². The molecule has 1 aliphatic rings. The molecule has 0 radical (unpaired) electrons. The summed E-state index contributed by atoms with van der Waals surface area (Å²) in [5.41, 5.74) is 2.17. The Balaban J connectivity index is 1.80. The van der Waals surface area contributed by atoms with Crippen molar-refractivity contribution in [3.63, 3.8) is 0 Å². The van der Waals surface area contributed by atoms with Crippen molar-refractivity contribution >= 4 is 17.2 Å². The largest absolute Gasteiger partial charge is 0.304 e. The molecule has 18 heavy (non-hydrogen) atoms. The van der Waals surface area contributed by atoms with Gasteiger partial charge in [0, 0.05) is 38.9 Å². The van der Waals surface area contributed by atoms with E-state index in [2.05, 4.69) is 26.2 Å². The number of halogens is 1. The van der Waals surface area contributed by atoms with Crippen LogP contribution in [0.15, 0.2) is 24.5 Å². The van der Waals surface area contributed by atoms with E-state index in [0.717, 1.165) is 43.4 Å². The summed E-state index contributed by atoms with van der Waals surface area (Å²) in [6, 6.07) is 3.83. The second-order valence-electron chi connectivity index (χ2n) is 4.90. The molecule has 0 aliphatic carbocycles. The average Bonchev–Trinajstić information content (AvgIpc) is 2.75. The average molecular weight is 265 g/mol. The quantitative estimate of drug-likeness (QED) is 0.826. The molecule has 4 nitrogen and oxygen atoms in total. The zero-order valence-electron chi connectivity index (χ0n) is 10.5. The number of likely N-dealkylation sites (N-methyl/N-ethyl adjacent to an activating group) is 1. The maximum atomic E-state index is 6.04. The summed E-state index contributed by atoms with van der Waals surface area (Å²) in [5.74, 6) is 0. The zero-order valence-corrected chi connectivity index (χ0v) is 11.3. The van der Waals surface area contributed by atoms with Crippen LogP contribution in [0.2, 0.25) is 5.02 Å². The van der Waals surface area contributed by atoms with Crippen molar-refractivity contribution in [3.8, 4) is 0 Å². The number of aromatic nitrogens is 2. The molecule has 1 aliphatic heterocycles. The zero-order chi connectivity index (χ0) is 12.5. The standard InChI is InChI=1S/C13H17ClN4/c1-16-4-6-17(7-5-16)10-12-8-15-13-3-2-11(14)9-18(12)13/h2-3,8-9H,4-7,10H2,1H3. The topological polar surface area (TPSA) is 23.8 Å². The summed E-state index contributed by atoms with van der Waals surface area (Å²) >= 11 is 6.04. The first-order valence-electron chi connectivity index (χ1n) is 6.25. The summed E-state index contributed by atoms with van der Waals surface area (Å²) in [6.07, 6.45) is 3.89. The highest BCUT2D eigenvalue weighted by atomic mass is 35.5. The molecule has 0 amide bonds. The van der Waals surface area contributed by atoms with Crippen molar-refractivity contribution < 1.29 is 0 Å². The van der Waals surface area contributed by atoms with Crippen molar-refractivity contribution in [3.05, 3.63) is 35.2 Å². The van der Waals surface area contributed by atoms with Crippen LogP contribution in [0.4, 0.5) is 0 Å². The van der Waals surface area contributed by atoms with Gasteiger partial charge in [0.15, 0.2) is 0 Å². The van der Waals surface area contributed by atoms with Crippen LogP contribution in [0.5, 0.6) is 0 Å². The Bertz CT molecular complexity index is 543. The molecule has 0 bridgehead atoms. The maximum Gasteiger partial charge on any atom is 0.137 e. The number of nitrogens with zero attached hydrogens (tertiary/aromatic N) is 4. The van der Waals surface area contributed by atoms with Crippen molar-refractivity contribution in [1.82, 2.24) is 19.2 Å². The minimum atomic E-state index is 0.750. The van der Waals surface area contributed by atoms with Gasteiger partial charge in [-0.1, -0.05) is 11.6 Å². The number of hydrogen-bond donors (Lipinski definition) is 0. The third-order valence-electron chi connectivity index (χ3n) is 3.53. The first kappa shape index (κ1) is 12.0. The van der Waals surface area contributed by atoms with Crippen LogP contribution in [0.1, 0.15) is 5.69 Å². The van der Waals surface area contributed by atoms with Gasteiger partial charge < -0.3 is 9.30 Å². The van der Waals surface area contributed by atoms with Crippen molar-refractivity contribution in [2.45, 2.75) is 6.54 Å². The van der Waals surface area contributed by atoms with Gasteiger partial charge in [0.2, 0.25) is 0 Å². The van der Waals surface area contributed by atoms with E-state index in [0.29, 0.717) is 0 Å². The number of fused-ring (bicyclic) bond motifs is 1. The van der Waals surface area contributed by atoms with Gasteiger partial charge in [-0.2, -0.15) is 0 Å². The Morgan fingerprint density at radius 3 is 2.78 bits per heavy atom. The highest BCUT2D eigenvalue weighted by molar-refractivity contribution is 6.30. The van der Waals surface area contributed by atoms with Gasteiger partial charge >= 0.3 is 0 Å². The van der Waals surface area contributed by atoms with Crippen LogP contribution >= 0.6 is 11.6 Å². The molecule has 0 N–H and O–H groups in total. The lowest BCUT2D eigenvalue weighted by atomic mass is 10.3. The third-order valence-corrected chi connectivity index (χ3v) is 3.75. The molecule has 96 valence electrons. The molecule has 3 heterocycles. The molecule has 0 atom stereocenters. The predicted molar refractivity (Wildman–Crippen MR) is 73.0 cm³/mol. The second-order valence-corrected chi connectivity index (χ2v) is 5.34. The molecular formula is C13H17ClN4. The summed E-state index contributed by atoms with van der Waals surface area (Å²) < 4.78 is 2.08. The van der Waals surface area contributed by atoms with Crippen molar-refractivity contribution in [1.29, 1.82) is 0 Å². The minimum Gasteiger partial charge on any atom is -0.304 e. The highest BCUT2D eigenvalue weighted by Crippen LogP contribution is 2.15. The Morgan fingerprint density at radius 1 is 1.22 bits per heavy atom. The second kappa shape index (κ2) is 4.88. The van der Waals surface area contributed by atoms with Gasteiger partial charge in [-0.05, 0) is 19.2 Å². The van der Waals surface area contributed by atoms with Gasteiger partial charge in [-0.3, -0.25) is 4.90 Å². The number of pyridine rings is 1. The van der Waals surface area contributed by atoms with Crippen LogP contribution in [0.3, 0.4) is 0 Å². The van der Waals surface area contributed by atoms with Crippen LogP contribution in [0.25, 0.3) is 5.65 Å². The molecule has 3 rings (SSSR count). The van der Waals surface area contributed by atoms with Crippen molar-refractivity contribution in [2.75, 3.05) is 33.2 Å². The van der Waals surface area contributed by atoms with E-state index in [9.17, 15) is 0 Å². The predicted octanol–water partition coefficient (Wildman–Crippen LogP) is 1.74. The SMILES string of the molecule is CN1CCN(Cc2cnc3ccc(Cl)cn23)CC1. The fourth-order valence-electron chi connectivity index (χ4n) is 2.36. The maximum absolute atomic E-state index is 6.04. The molecule has 0 spiro atoms. The van der Waals surface area contributed by atoms with E-state index in [1.165, 1.54) is 5.69 Å². The third kappa shape index (κ3) is 2.36. The minimum absolute atomic E-state index is 0.750. The number of hydrogen-bond acceptors (Lipinski definition) is 3. The molecule has 1 fully saturated rings. The molecular weight excluding hydrogens is 248 g/mol. The first-order chi connectivity index (χ1) is 8.72. The van der Waals surface area contributed by atoms with Crippen LogP contribution < -0.4 is 0 Å². The Morgan fingerprint density at radius 2 is 2.00 bits per heavy atom.